The Kier molecular flexibility index (Phi) is 1.98. The number of rotatable bonds is 1. The summed E-state index contributed by atoms with van der Waals surface area (Å²) in [6.45, 7) is 3.55. The molecule has 0 unspecified atom stereocenters. The molecule has 16 heavy (non-hydrogen) atoms. The third kappa shape index (κ3) is 1.34. The minimum absolute atomic E-state index is 0.233. The molecule has 6 heteroatoms. The largest absolute Gasteiger partial charge is 0.327 e. The zero-order valence-corrected chi connectivity index (χ0v) is 8.87. The fraction of sp³-hybridized carbons (Fsp3) is 0.300. The molecule has 0 spiro atoms. The lowest BCUT2D eigenvalue weighted by molar-refractivity contribution is 0.487. The Morgan fingerprint density at radius 1 is 1.44 bits per heavy atom. The second-order valence-electron chi connectivity index (χ2n) is 3.92. The van der Waals surface area contributed by atoms with Crippen LogP contribution in [-0.4, -0.2) is 19.5 Å². The van der Waals surface area contributed by atoms with Gasteiger partial charge in [0.2, 0.25) is 0 Å². The molecule has 0 aliphatic heterocycles. The number of aromatic amines is 2. The fourth-order valence-electron chi connectivity index (χ4n) is 1.45. The van der Waals surface area contributed by atoms with Gasteiger partial charge in [-0.25, -0.2) is 9.78 Å². The molecule has 0 aliphatic carbocycles. The number of imidazole rings is 1. The summed E-state index contributed by atoms with van der Waals surface area (Å²) in [5.41, 5.74) is -1.26. The lowest BCUT2D eigenvalue weighted by Crippen LogP contribution is -2.29. The van der Waals surface area contributed by atoms with Crippen molar-refractivity contribution in [3.05, 3.63) is 27.2 Å². The Labute approximate surface area is 90.3 Å². The van der Waals surface area contributed by atoms with E-state index in [-0.39, 0.29) is 11.2 Å². The highest BCUT2D eigenvalue weighted by molar-refractivity contribution is 5.69. The van der Waals surface area contributed by atoms with E-state index >= 15 is 0 Å². The molecule has 0 radical (unpaired) electrons. The van der Waals surface area contributed by atoms with Crippen LogP contribution in [0, 0.1) is 12.3 Å². The number of terminal acetylenes is 1. The predicted octanol–water partition coefficient (Wildman–Crippen LogP) is -0.219. The minimum atomic E-state index is -0.681. The maximum Gasteiger partial charge on any atom is 0.327 e. The van der Waals surface area contributed by atoms with Crippen molar-refractivity contribution >= 4 is 11.2 Å². The van der Waals surface area contributed by atoms with Gasteiger partial charge in [0.15, 0.2) is 11.2 Å². The van der Waals surface area contributed by atoms with E-state index in [2.05, 4.69) is 20.9 Å². The van der Waals surface area contributed by atoms with E-state index in [1.807, 2.05) is 0 Å². The van der Waals surface area contributed by atoms with Gasteiger partial charge in [-0.15, -0.1) is 6.42 Å². The van der Waals surface area contributed by atoms with Gasteiger partial charge < -0.3 is 4.57 Å². The average molecular weight is 218 g/mol. The summed E-state index contributed by atoms with van der Waals surface area (Å²) in [5, 5.41) is 0. The van der Waals surface area contributed by atoms with Gasteiger partial charge >= 0.3 is 5.69 Å². The van der Waals surface area contributed by atoms with Crippen LogP contribution in [0.3, 0.4) is 0 Å². The summed E-state index contributed by atoms with van der Waals surface area (Å²) in [6, 6.07) is 0. The molecule has 2 N–H and O–H groups in total. The Morgan fingerprint density at radius 3 is 2.75 bits per heavy atom. The van der Waals surface area contributed by atoms with Crippen molar-refractivity contribution in [3.8, 4) is 12.3 Å². The summed E-state index contributed by atoms with van der Waals surface area (Å²) in [5.74, 6) is 2.56. The van der Waals surface area contributed by atoms with Crippen LogP contribution in [0.25, 0.3) is 11.2 Å². The molecule has 2 rings (SSSR count). The number of H-pyrrole nitrogens is 2. The molecule has 0 bridgehead atoms. The number of aromatic nitrogens is 4. The van der Waals surface area contributed by atoms with Crippen LogP contribution in [-0.2, 0) is 5.54 Å². The smallest absolute Gasteiger partial charge is 0.308 e. The summed E-state index contributed by atoms with van der Waals surface area (Å²) in [4.78, 5) is 31.2. The molecular formula is C10H10N4O2. The first-order valence-corrected chi connectivity index (χ1v) is 4.63. The van der Waals surface area contributed by atoms with E-state index in [4.69, 9.17) is 6.42 Å². The van der Waals surface area contributed by atoms with Gasteiger partial charge in [0.1, 0.15) is 5.54 Å². The van der Waals surface area contributed by atoms with Crippen LogP contribution >= 0.6 is 0 Å². The lowest BCUT2D eigenvalue weighted by Gasteiger charge is -2.19. The molecule has 2 aromatic heterocycles. The first-order chi connectivity index (χ1) is 7.45. The fourth-order valence-corrected chi connectivity index (χ4v) is 1.45. The molecule has 0 saturated carbocycles. The maximum absolute atomic E-state index is 11.6. The van der Waals surface area contributed by atoms with Crippen LogP contribution in [0.5, 0.6) is 0 Å². The van der Waals surface area contributed by atoms with Gasteiger partial charge in [-0.3, -0.25) is 14.8 Å². The molecule has 82 valence electrons. The Hall–Kier alpha value is -2.29. The summed E-state index contributed by atoms with van der Waals surface area (Å²) in [6.07, 6.45) is 6.83. The molecule has 2 heterocycles. The molecule has 2 aromatic rings. The van der Waals surface area contributed by atoms with Crippen LogP contribution in [0.2, 0.25) is 0 Å². The molecule has 0 fully saturated rings. The number of hydrogen-bond acceptors (Lipinski definition) is 3. The number of fused-ring (bicyclic) bond motifs is 1. The summed E-state index contributed by atoms with van der Waals surface area (Å²) in [7, 11) is 0. The lowest BCUT2D eigenvalue weighted by atomic mass is 10.1. The van der Waals surface area contributed by atoms with Crippen LogP contribution in [0.4, 0.5) is 0 Å². The van der Waals surface area contributed by atoms with Gasteiger partial charge in [0.25, 0.3) is 5.56 Å². The number of hydrogen-bond donors (Lipinski definition) is 2. The van der Waals surface area contributed by atoms with Crippen LogP contribution < -0.4 is 11.2 Å². The summed E-state index contributed by atoms with van der Waals surface area (Å²) < 4.78 is 1.55. The van der Waals surface area contributed by atoms with Crippen molar-refractivity contribution in [1.29, 1.82) is 0 Å². The highest BCUT2D eigenvalue weighted by Gasteiger charge is 2.21. The van der Waals surface area contributed by atoms with Crippen molar-refractivity contribution in [3.63, 3.8) is 0 Å². The zero-order valence-electron chi connectivity index (χ0n) is 8.87. The molecule has 0 aromatic carbocycles. The van der Waals surface area contributed by atoms with Crippen molar-refractivity contribution in [2.24, 2.45) is 0 Å². The van der Waals surface area contributed by atoms with Crippen molar-refractivity contribution < 1.29 is 0 Å². The molecule has 6 nitrogen and oxygen atoms in total. The van der Waals surface area contributed by atoms with Crippen LogP contribution in [0.15, 0.2) is 15.9 Å². The highest BCUT2D eigenvalue weighted by atomic mass is 16.2. The molecular weight excluding hydrogens is 208 g/mol. The second-order valence-corrected chi connectivity index (χ2v) is 3.92. The van der Waals surface area contributed by atoms with Crippen LogP contribution in [0.1, 0.15) is 13.8 Å². The molecule has 0 amide bonds. The van der Waals surface area contributed by atoms with E-state index in [9.17, 15) is 9.59 Å². The van der Waals surface area contributed by atoms with E-state index in [0.717, 1.165) is 0 Å². The monoisotopic (exact) mass is 218 g/mol. The van der Waals surface area contributed by atoms with Gasteiger partial charge in [0, 0.05) is 0 Å². The van der Waals surface area contributed by atoms with Gasteiger partial charge in [0.05, 0.1) is 6.33 Å². The summed E-state index contributed by atoms with van der Waals surface area (Å²) >= 11 is 0. The minimum Gasteiger partial charge on any atom is -0.308 e. The standard InChI is InChI=1S/C10H10N4O2/c1-4-10(2,3)14-5-11-7-6(14)8(15)13-9(16)12-7/h1,5H,2-3H3,(H2,12,13,15,16). The van der Waals surface area contributed by atoms with Crippen molar-refractivity contribution in [2.75, 3.05) is 0 Å². The molecule has 0 atom stereocenters. The number of nitrogens with one attached hydrogen (secondary N) is 2. The third-order valence-electron chi connectivity index (χ3n) is 2.40. The highest BCUT2D eigenvalue weighted by Crippen LogP contribution is 2.17. The Morgan fingerprint density at radius 2 is 2.12 bits per heavy atom. The van der Waals surface area contributed by atoms with E-state index in [1.54, 1.807) is 18.4 Å². The van der Waals surface area contributed by atoms with E-state index in [1.165, 1.54) is 6.33 Å². The molecule has 0 aliphatic rings. The molecule has 0 saturated heterocycles. The zero-order chi connectivity index (χ0) is 11.9. The van der Waals surface area contributed by atoms with E-state index < -0.39 is 16.8 Å². The maximum atomic E-state index is 11.6. The first kappa shape index (κ1) is 10.2. The number of nitrogens with zero attached hydrogens (tertiary/aromatic N) is 2. The third-order valence-corrected chi connectivity index (χ3v) is 2.40. The Bertz CT molecular complexity index is 696. The Balaban J connectivity index is 2.92. The van der Waals surface area contributed by atoms with E-state index in [0.29, 0.717) is 0 Å². The topological polar surface area (TPSA) is 83.5 Å². The van der Waals surface area contributed by atoms with Gasteiger partial charge in [-0.2, -0.15) is 0 Å². The normalized spacial score (nSPS) is 11.6. The van der Waals surface area contributed by atoms with Gasteiger partial charge in [-0.1, -0.05) is 5.92 Å². The van der Waals surface area contributed by atoms with Crippen molar-refractivity contribution in [2.45, 2.75) is 19.4 Å². The van der Waals surface area contributed by atoms with Gasteiger partial charge in [-0.05, 0) is 13.8 Å². The average Bonchev–Trinajstić information content (AvgIpc) is 2.62. The SMILES string of the molecule is C#CC(C)(C)n1cnc2[nH]c(=O)[nH]c(=O)c21. The second kappa shape index (κ2) is 3.10. The predicted molar refractivity (Wildman–Crippen MR) is 59.1 cm³/mol. The first-order valence-electron chi connectivity index (χ1n) is 4.63. The van der Waals surface area contributed by atoms with Crippen molar-refractivity contribution in [1.82, 2.24) is 19.5 Å². The quantitative estimate of drug-likeness (QED) is 0.649.